The fourth-order valence-corrected chi connectivity index (χ4v) is 3.65. The molecule has 3 aromatic rings. The number of aromatic nitrogens is 3. The van der Waals surface area contributed by atoms with E-state index >= 15 is 0 Å². The van der Waals surface area contributed by atoms with Crippen LogP contribution in [-0.2, 0) is 19.0 Å². The van der Waals surface area contributed by atoms with Crippen LogP contribution in [0.4, 0.5) is 18.9 Å². The number of benzene rings is 1. The highest BCUT2D eigenvalue weighted by atomic mass is 35.5. The summed E-state index contributed by atoms with van der Waals surface area (Å²) < 4.78 is 40.5. The van der Waals surface area contributed by atoms with Crippen molar-refractivity contribution in [3.63, 3.8) is 0 Å². The molecule has 0 radical (unpaired) electrons. The largest absolute Gasteiger partial charge is 0.435 e. The first-order chi connectivity index (χ1) is 14.7. The summed E-state index contributed by atoms with van der Waals surface area (Å²) >= 11 is 12.3. The van der Waals surface area contributed by atoms with Crippen molar-refractivity contribution in [1.29, 1.82) is 0 Å². The predicted molar refractivity (Wildman–Crippen MR) is 107 cm³/mol. The van der Waals surface area contributed by atoms with Gasteiger partial charge in [0.1, 0.15) is 5.69 Å². The minimum absolute atomic E-state index is 0.0137. The Morgan fingerprint density at radius 1 is 1.16 bits per heavy atom. The van der Waals surface area contributed by atoms with E-state index in [1.807, 2.05) is 0 Å². The van der Waals surface area contributed by atoms with Gasteiger partial charge in [-0.05, 0) is 35.4 Å². The van der Waals surface area contributed by atoms with Crippen LogP contribution >= 0.6 is 23.2 Å². The molecular formula is C19H12Cl2F3N5O2. The summed E-state index contributed by atoms with van der Waals surface area (Å²) in [5.74, 6) is -1.02. The van der Waals surface area contributed by atoms with Crippen LogP contribution in [0.25, 0.3) is 5.82 Å². The van der Waals surface area contributed by atoms with E-state index in [-0.39, 0.29) is 21.6 Å². The molecule has 1 aromatic carbocycles. The smallest absolute Gasteiger partial charge is 0.411 e. The number of nitrogens with one attached hydrogen (secondary N) is 1. The van der Waals surface area contributed by atoms with Gasteiger partial charge in [0.25, 0.3) is 5.91 Å². The van der Waals surface area contributed by atoms with Crippen LogP contribution in [0.3, 0.4) is 0 Å². The number of alkyl halides is 3. The third-order valence-corrected chi connectivity index (χ3v) is 5.25. The van der Waals surface area contributed by atoms with E-state index in [0.717, 1.165) is 15.8 Å². The number of hydrogen-bond acceptors (Lipinski definition) is 5. The number of carbonyl (C=O) groups excluding carboxylic acids is 1. The van der Waals surface area contributed by atoms with Crippen molar-refractivity contribution in [2.75, 3.05) is 5.32 Å². The van der Waals surface area contributed by atoms with Gasteiger partial charge in [0.05, 0.1) is 21.4 Å². The second kappa shape index (κ2) is 7.86. The third kappa shape index (κ3) is 4.08. The van der Waals surface area contributed by atoms with Crippen LogP contribution in [0.5, 0.6) is 0 Å². The minimum Gasteiger partial charge on any atom is -0.411 e. The van der Waals surface area contributed by atoms with Crippen molar-refractivity contribution < 1.29 is 23.2 Å². The lowest BCUT2D eigenvalue weighted by atomic mass is 10.1. The SMILES string of the molecule is O=C(Nc1cc2c(cc1Cl)CC(=NO)C2)c1cc(C(F)(F)F)nn1-c1ncccc1Cl. The Morgan fingerprint density at radius 2 is 1.87 bits per heavy atom. The lowest BCUT2D eigenvalue weighted by molar-refractivity contribution is -0.141. The first-order valence-corrected chi connectivity index (χ1v) is 9.53. The topological polar surface area (TPSA) is 92.4 Å². The fraction of sp³-hybridized carbons (Fsp3) is 0.158. The molecule has 0 atom stereocenters. The summed E-state index contributed by atoms with van der Waals surface area (Å²) in [5, 5.41) is 18.4. The van der Waals surface area contributed by atoms with E-state index < -0.39 is 23.5 Å². The Balaban J connectivity index is 1.73. The zero-order valence-electron chi connectivity index (χ0n) is 15.4. The van der Waals surface area contributed by atoms with Gasteiger partial charge in [0, 0.05) is 25.1 Å². The van der Waals surface area contributed by atoms with E-state index in [2.05, 4.69) is 20.6 Å². The van der Waals surface area contributed by atoms with Crippen molar-refractivity contribution in [2.45, 2.75) is 19.0 Å². The molecule has 0 saturated heterocycles. The second-order valence-corrected chi connectivity index (χ2v) is 7.52. The van der Waals surface area contributed by atoms with Crippen molar-refractivity contribution in [2.24, 2.45) is 5.16 Å². The zero-order chi connectivity index (χ0) is 22.3. The first kappa shape index (κ1) is 21.1. The number of anilines is 1. The van der Waals surface area contributed by atoms with E-state index in [0.29, 0.717) is 24.6 Å². The molecule has 1 amide bonds. The molecule has 2 aromatic heterocycles. The van der Waals surface area contributed by atoms with Crippen LogP contribution in [0.2, 0.25) is 10.0 Å². The highest BCUT2D eigenvalue weighted by Crippen LogP contribution is 2.33. The Morgan fingerprint density at radius 3 is 2.52 bits per heavy atom. The Hall–Kier alpha value is -3.11. The second-order valence-electron chi connectivity index (χ2n) is 6.71. The molecule has 7 nitrogen and oxygen atoms in total. The van der Waals surface area contributed by atoms with E-state index in [1.54, 1.807) is 12.1 Å². The summed E-state index contributed by atoms with van der Waals surface area (Å²) in [6.45, 7) is 0. The molecule has 12 heteroatoms. The molecule has 2 N–H and O–H groups in total. The molecule has 0 unspecified atom stereocenters. The van der Waals surface area contributed by atoms with Gasteiger partial charge in [-0.1, -0.05) is 28.4 Å². The summed E-state index contributed by atoms with van der Waals surface area (Å²) in [6.07, 6.45) is -2.69. The molecule has 4 rings (SSSR count). The average molecular weight is 470 g/mol. The van der Waals surface area contributed by atoms with E-state index in [1.165, 1.54) is 18.3 Å². The van der Waals surface area contributed by atoms with Gasteiger partial charge in [-0.25, -0.2) is 9.67 Å². The van der Waals surface area contributed by atoms with Gasteiger partial charge < -0.3 is 10.5 Å². The van der Waals surface area contributed by atoms with Crippen molar-refractivity contribution >= 4 is 40.5 Å². The summed E-state index contributed by atoms with van der Waals surface area (Å²) in [5.41, 5.74) is 0.640. The first-order valence-electron chi connectivity index (χ1n) is 8.78. The molecule has 0 aliphatic heterocycles. The number of hydrogen-bond donors (Lipinski definition) is 2. The van der Waals surface area contributed by atoms with Crippen molar-refractivity contribution in [3.8, 4) is 5.82 Å². The maximum absolute atomic E-state index is 13.3. The van der Waals surface area contributed by atoms with Crippen LogP contribution in [-0.4, -0.2) is 31.6 Å². The number of nitrogens with zero attached hydrogens (tertiary/aromatic N) is 4. The highest BCUT2D eigenvalue weighted by molar-refractivity contribution is 6.34. The van der Waals surface area contributed by atoms with Gasteiger partial charge >= 0.3 is 6.18 Å². The number of carbonyl (C=O) groups is 1. The van der Waals surface area contributed by atoms with Crippen LogP contribution in [0.1, 0.15) is 27.3 Å². The molecular weight excluding hydrogens is 458 g/mol. The Bertz CT molecular complexity index is 1220. The lowest BCUT2D eigenvalue weighted by Crippen LogP contribution is -2.18. The minimum atomic E-state index is -4.78. The number of fused-ring (bicyclic) bond motifs is 1. The standard InChI is InChI=1S/C19H12Cl2F3N5O2/c20-12-2-1-3-25-17(12)29-15(8-16(27-29)19(22,23)24)18(30)26-14-7-10-5-11(28-31)4-9(10)6-13(14)21/h1-3,6-8,31H,4-5H2,(H,26,30). The Kier molecular flexibility index (Phi) is 5.36. The maximum Gasteiger partial charge on any atom is 0.435 e. The third-order valence-electron chi connectivity index (χ3n) is 4.64. The van der Waals surface area contributed by atoms with E-state index in [9.17, 15) is 18.0 Å². The summed E-state index contributed by atoms with van der Waals surface area (Å²) in [7, 11) is 0. The van der Waals surface area contributed by atoms with Gasteiger partial charge in [-0.3, -0.25) is 4.79 Å². The van der Waals surface area contributed by atoms with Gasteiger partial charge in [-0.15, -0.1) is 0 Å². The van der Waals surface area contributed by atoms with Crippen molar-refractivity contribution in [3.05, 3.63) is 69.1 Å². The average Bonchev–Trinajstić information content (AvgIpc) is 3.32. The molecule has 1 aliphatic carbocycles. The van der Waals surface area contributed by atoms with Crippen molar-refractivity contribution in [1.82, 2.24) is 14.8 Å². The van der Waals surface area contributed by atoms with Crippen LogP contribution < -0.4 is 5.32 Å². The lowest BCUT2D eigenvalue weighted by Gasteiger charge is -2.11. The monoisotopic (exact) mass is 469 g/mol. The number of pyridine rings is 1. The quantitative estimate of drug-likeness (QED) is 0.426. The van der Waals surface area contributed by atoms with E-state index in [4.69, 9.17) is 28.4 Å². The molecule has 31 heavy (non-hydrogen) atoms. The zero-order valence-corrected chi connectivity index (χ0v) is 16.9. The van der Waals surface area contributed by atoms with Gasteiger partial charge in [-0.2, -0.15) is 18.3 Å². The maximum atomic E-state index is 13.3. The molecule has 1 aliphatic rings. The number of halogens is 5. The molecule has 0 saturated carbocycles. The van der Waals surface area contributed by atoms with Crippen LogP contribution in [0, 0.1) is 0 Å². The van der Waals surface area contributed by atoms with Crippen LogP contribution in [0.15, 0.2) is 41.7 Å². The summed E-state index contributed by atoms with van der Waals surface area (Å²) in [6, 6.07) is 6.72. The fourth-order valence-electron chi connectivity index (χ4n) is 3.22. The summed E-state index contributed by atoms with van der Waals surface area (Å²) in [4.78, 5) is 16.8. The molecule has 0 bridgehead atoms. The number of oxime groups is 1. The predicted octanol–water partition coefficient (Wildman–Crippen LogP) is 4.77. The molecule has 0 spiro atoms. The number of amides is 1. The van der Waals surface area contributed by atoms with Gasteiger partial charge in [0.15, 0.2) is 11.5 Å². The van der Waals surface area contributed by atoms with Gasteiger partial charge in [0.2, 0.25) is 0 Å². The highest BCUT2D eigenvalue weighted by Gasteiger charge is 2.36. The number of rotatable bonds is 3. The molecule has 2 heterocycles. The normalized spacial score (nSPS) is 14.7. The molecule has 0 fully saturated rings. The Labute approximate surface area is 183 Å². The molecule has 160 valence electrons.